The Morgan fingerprint density at radius 1 is 1.00 bits per heavy atom. The summed E-state index contributed by atoms with van der Waals surface area (Å²) in [6.07, 6.45) is 5.39. The van der Waals surface area contributed by atoms with Gasteiger partial charge in [0.25, 0.3) is 0 Å². The lowest BCUT2D eigenvalue weighted by Crippen LogP contribution is -2.64. The third kappa shape index (κ3) is 4.84. The van der Waals surface area contributed by atoms with E-state index in [-0.39, 0.29) is 46.6 Å². The largest absolute Gasteiger partial charge is 0.393 e. The number of amides is 1. The highest BCUT2D eigenvalue weighted by Crippen LogP contribution is 2.68. The van der Waals surface area contributed by atoms with E-state index in [0.29, 0.717) is 36.5 Å². The van der Waals surface area contributed by atoms with Gasteiger partial charge in [0.1, 0.15) is 0 Å². The van der Waals surface area contributed by atoms with Crippen molar-refractivity contribution in [2.24, 2.45) is 52.3 Å². The van der Waals surface area contributed by atoms with Gasteiger partial charge in [-0.1, -0.05) is 34.6 Å². The minimum absolute atomic E-state index is 0.0178. The van der Waals surface area contributed by atoms with Crippen molar-refractivity contribution in [3.8, 4) is 0 Å². The molecule has 7 heteroatoms. The molecule has 4 N–H and O–H groups in total. The number of hydrogen-bond donors (Lipinski definition) is 4. The van der Waals surface area contributed by atoms with E-state index in [1.807, 2.05) is 0 Å². The van der Waals surface area contributed by atoms with Crippen LogP contribution in [0, 0.1) is 52.3 Å². The van der Waals surface area contributed by atoms with Crippen LogP contribution in [-0.4, -0.2) is 39.5 Å². The summed E-state index contributed by atoms with van der Waals surface area (Å²) in [7, 11) is 0. The smallest absolute Gasteiger partial charge is 0.220 e. The summed E-state index contributed by atoms with van der Waals surface area (Å²) >= 11 is 5.24. The zero-order chi connectivity index (χ0) is 27.6. The summed E-state index contributed by atoms with van der Waals surface area (Å²) in [5.41, 5.74) is 0.0606. The van der Waals surface area contributed by atoms with Gasteiger partial charge in [0, 0.05) is 11.3 Å². The van der Waals surface area contributed by atoms with Crippen LogP contribution in [0.1, 0.15) is 96.9 Å². The number of rotatable bonds is 6. The van der Waals surface area contributed by atoms with Crippen LogP contribution in [0.4, 0.5) is 0 Å². The van der Waals surface area contributed by atoms with Crippen molar-refractivity contribution in [2.45, 2.75) is 110 Å². The Labute approximate surface area is 241 Å². The molecule has 5 rings (SSSR count). The molecule has 4 aliphatic rings. The topological polar surface area (TPSA) is 89.8 Å². The molecule has 0 radical (unpaired) electrons. The van der Waals surface area contributed by atoms with Crippen molar-refractivity contribution in [2.75, 3.05) is 0 Å². The molecule has 1 amide bonds. The highest BCUT2D eigenvalue weighted by molar-refractivity contribution is 9.11. The number of fused-ring (bicyclic) bond motifs is 5. The summed E-state index contributed by atoms with van der Waals surface area (Å²) in [6.45, 7) is 11.3. The van der Waals surface area contributed by atoms with Gasteiger partial charge in [0.2, 0.25) is 5.91 Å². The molecule has 0 aromatic carbocycles. The molecule has 1 heterocycles. The Hall–Kier alpha value is -0.470. The van der Waals surface area contributed by atoms with E-state index in [1.165, 1.54) is 4.88 Å². The number of carbonyl (C=O) groups excluding carboxylic acids is 1. The van der Waals surface area contributed by atoms with Crippen molar-refractivity contribution in [1.29, 1.82) is 0 Å². The van der Waals surface area contributed by atoms with Gasteiger partial charge in [-0.05, 0) is 125 Å². The van der Waals surface area contributed by atoms with Crippen LogP contribution < -0.4 is 5.32 Å². The second kappa shape index (κ2) is 10.7. The highest BCUT2D eigenvalue weighted by atomic mass is 79.9. The number of nitrogens with one attached hydrogen (secondary N) is 1. The van der Waals surface area contributed by atoms with E-state index >= 15 is 0 Å². The number of aliphatic hydroxyl groups is 3. The van der Waals surface area contributed by atoms with E-state index in [9.17, 15) is 20.1 Å². The molecular formula is C31H48BrNO4S. The van der Waals surface area contributed by atoms with Gasteiger partial charge < -0.3 is 20.6 Å². The molecule has 4 saturated carbocycles. The third-order valence-corrected chi connectivity index (χ3v) is 13.6. The molecule has 4 aliphatic carbocycles. The standard InChI is InChI=1S/C31H48BrNO4S/c1-16(2)27(23-8-9-24(32)38-23)33-25(35)14-17(3)19-6-7-20-26-21(11-13-30(19,20)4)31(5)12-10-18(34)15-22(31)28(36)29(26)37/h8-9,16-22,26-29,34,36-37H,6-7,10-15H2,1-5H3,(H,33,35)/t17-,18-,19-,20+,21+,22+,26+,27+,28-,29+,30-,31-/m1/s1. The monoisotopic (exact) mass is 609 g/mol. The predicted octanol–water partition coefficient (Wildman–Crippen LogP) is 6.31. The van der Waals surface area contributed by atoms with E-state index in [4.69, 9.17) is 0 Å². The Bertz CT molecular complexity index is 1020. The lowest BCUT2D eigenvalue weighted by Gasteiger charge is -2.63. The molecule has 0 unspecified atom stereocenters. The fourth-order valence-corrected chi connectivity index (χ4v) is 11.6. The van der Waals surface area contributed by atoms with E-state index in [1.54, 1.807) is 11.3 Å². The summed E-state index contributed by atoms with van der Waals surface area (Å²) in [6, 6.07) is 4.18. The van der Waals surface area contributed by atoms with Gasteiger partial charge in [-0.3, -0.25) is 4.79 Å². The fourth-order valence-electron chi connectivity index (χ4n) is 9.94. The van der Waals surface area contributed by atoms with Crippen LogP contribution in [0.2, 0.25) is 0 Å². The third-order valence-electron chi connectivity index (χ3n) is 11.9. The van der Waals surface area contributed by atoms with Gasteiger partial charge in [-0.2, -0.15) is 0 Å². The summed E-state index contributed by atoms with van der Waals surface area (Å²) < 4.78 is 1.08. The first kappa shape index (κ1) is 29.0. The van der Waals surface area contributed by atoms with Crippen LogP contribution >= 0.6 is 27.3 Å². The number of hydrogen-bond acceptors (Lipinski definition) is 5. The minimum atomic E-state index is -0.758. The molecule has 5 nitrogen and oxygen atoms in total. The number of halogens is 1. The molecule has 12 atom stereocenters. The minimum Gasteiger partial charge on any atom is -0.393 e. The van der Waals surface area contributed by atoms with E-state index in [0.717, 1.165) is 42.3 Å². The van der Waals surface area contributed by atoms with Crippen LogP contribution in [0.5, 0.6) is 0 Å². The van der Waals surface area contributed by atoms with Crippen molar-refractivity contribution >= 4 is 33.2 Å². The van der Waals surface area contributed by atoms with Crippen LogP contribution in [0.25, 0.3) is 0 Å². The fraction of sp³-hybridized carbons (Fsp3) is 0.839. The van der Waals surface area contributed by atoms with Crippen molar-refractivity contribution < 1.29 is 20.1 Å². The van der Waals surface area contributed by atoms with Crippen LogP contribution in [-0.2, 0) is 4.79 Å². The Kier molecular flexibility index (Phi) is 8.21. The zero-order valence-corrected chi connectivity index (χ0v) is 26.1. The number of thiophene rings is 1. The average molecular weight is 611 g/mol. The summed E-state index contributed by atoms with van der Waals surface area (Å²) in [5, 5.41) is 36.5. The van der Waals surface area contributed by atoms with Crippen molar-refractivity contribution in [1.82, 2.24) is 5.32 Å². The van der Waals surface area contributed by atoms with Gasteiger partial charge in [0.05, 0.1) is 28.1 Å². The molecular weight excluding hydrogens is 562 g/mol. The van der Waals surface area contributed by atoms with Gasteiger partial charge in [0.15, 0.2) is 0 Å². The first-order valence-electron chi connectivity index (χ1n) is 15.0. The Balaban J connectivity index is 1.30. The zero-order valence-electron chi connectivity index (χ0n) is 23.7. The normalized spacial score (nSPS) is 44.2. The van der Waals surface area contributed by atoms with E-state index in [2.05, 4.69) is 68.0 Å². The first-order chi connectivity index (χ1) is 17.9. The number of carbonyl (C=O) groups is 1. The molecule has 0 bridgehead atoms. The van der Waals surface area contributed by atoms with Gasteiger partial charge in [-0.15, -0.1) is 11.3 Å². The molecule has 0 aliphatic heterocycles. The quantitative estimate of drug-likeness (QED) is 0.304. The maximum absolute atomic E-state index is 13.3. The van der Waals surface area contributed by atoms with Crippen LogP contribution in [0.3, 0.4) is 0 Å². The molecule has 0 spiro atoms. The SMILES string of the molecule is CC(C)[C@H](NC(=O)C[C@@H](C)[C@H]1CC[C@H]2[C@@H]3[C@H](O)[C@H](O)[C@@H]4C[C@H](O)CC[C@]4(C)[C@H]3CC[C@]12C)c1ccc(Br)s1. The predicted molar refractivity (Wildman–Crippen MR) is 156 cm³/mol. The maximum Gasteiger partial charge on any atom is 0.220 e. The van der Waals surface area contributed by atoms with Gasteiger partial charge in [-0.25, -0.2) is 0 Å². The summed E-state index contributed by atoms with van der Waals surface area (Å²) in [5.74, 6) is 2.00. The lowest BCUT2D eigenvalue weighted by molar-refractivity contribution is -0.223. The van der Waals surface area contributed by atoms with Crippen molar-refractivity contribution in [3.63, 3.8) is 0 Å². The molecule has 0 saturated heterocycles. The molecule has 1 aromatic heterocycles. The van der Waals surface area contributed by atoms with Gasteiger partial charge >= 0.3 is 0 Å². The van der Waals surface area contributed by atoms with E-state index < -0.39 is 12.2 Å². The summed E-state index contributed by atoms with van der Waals surface area (Å²) in [4.78, 5) is 14.5. The first-order valence-corrected chi connectivity index (χ1v) is 16.6. The average Bonchev–Trinajstić information content (AvgIpc) is 3.44. The maximum atomic E-state index is 13.3. The van der Waals surface area contributed by atoms with Crippen LogP contribution in [0.15, 0.2) is 15.9 Å². The van der Waals surface area contributed by atoms with Crippen molar-refractivity contribution in [3.05, 3.63) is 20.8 Å². The Morgan fingerprint density at radius 3 is 2.34 bits per heavy atom. The molecule has 1 aromatic rings. The second-order valence-corrected chi connectivity index (χ2v) is 16.6. The lowest BCUT2D eigenvalue weighted by atomic mass is 9.43. The second-order valence-electron chi connectivity index (χ2n) is 14.2. The molecule has 214 valence electrons. The highest BCUT2D eigenvalue weighted by Gasteiger charge is 2.65. The molecule has 4 fully saturated rings. The Morgan fingerprint density at radius 2 is 1.68 bits per heavy atom. The number of aliphatic hydroxyl groups excluding tert-OH is 3. The molecule has 38 heavy (non-hydrogen) atoms.